The zero-order valence-electron chi connectivity index (χ0n) is 48.6. The Labute approximate surface area is 499 Å². The fraction of sp³-hybridized carbons (Fsp3) is 0.359. The molecule has 4 atom stereocenters. The average molecular weight is 1220 g/mol. The van der Waals surface area contributed by atoms with Gasteiger partial charge in [0.2, 0.25) is 5.91 Å². The number of alkyl halides is 6. The first-order valence-electron chi connectivity index (χ1n) is 28.0. The zero-order chi connectivity index (χ0) is 63.1. The number of hydrogen-bond acceptors (Lipinski definition) is 14. The van der Waals surface area contributed by atoms with Gasteiger partial charge in [0, 0.05) is 86.4 Å². The number of para-hydroxylation sites is 4. The normalized spacial score (nSPS) is 19.0. The van der Waals surface area contributed by atoms with Crippen LogP contribution in [-0.4, -0.2) is 144 Å². The van der Waals surface area contributed by atoms with E-state index in [1.54, 1.807) is 0 Å². The third-order valence-electron chi connectivity index (χ3n) is 14.9. The van der Waals surface area contributed by atoms with Crippen LogP contribution in [0.15, 0.2) is 146 Å². The quantitative estimate of drug-likeness (QED) is 0.0416. The van der Waals surface area contributed by atoms with Crippen molar-refractivity contribution in [2.24, 2.45) is 0 Å². The lowest BCUT2D eigenvalue weighted by atomic mass is 9.88. The SMILES string of the molecule is CC(=O)Nc1ccc(OCCC[N+]2(C)CCC(OC(=O)C3c4ccccc4Oc4ccccc43)C2)cc1.CN(C)c1cccc(OCCC[N+]2(C)CCC(OC(=O)C3c4ccccc4Oc4ccccc43)C2)c1.O=C([O-])C(F)(F)F.O=C([O-])C(F)(F)F. The molecular formula is C64H68F6N4O13. The molecule has 17 nitrogen and oxygen atoms in total. The molecule has 4 aliphatic heterocycles. The predicted octanol–water partition coefficient (Wildman–Crippen LogP) is 8.93. The Morgan fingerprint density at radius 2 is 0.920 bits per heavy atom. The van der Waals surface area contributed by atoms with Gasteiger partial charge in [0.25, 0.3) is 0 Å². The maximum atomic E-state index is 13.5. The number of likely N-dealkylation sites (N-methyl/N-ethyl adjacent to an activating group) is 2. The number of aliphatic carboxylic acids is 2. The van der Waals surface area contributed by atoms with Crippen molar-refractivity contribution in [1.29, 1.82) is 0 Å². The maximum Gasteiger partial charge on any atom is 0.430 e. The standard InChI is InChI=1S/C30H32N2O5.C30H35N2O4.2C2HF3O2/c1-21(33)31-22-12-14-23(15-13-22)35-19-7-17-32(2)18-16-24(20-32)36-30(34)29-25-8-3-5-10-27(25)37-28-11-6-4-9-26(28)29;1-31(2)22-10-8-11-23(20-22)34-19-9-17-32(3)18-16-24(21-32)35-30(33)29-25-12-4-6-14-27(25)36-28-15-7-5-13-26(28)29;2*3-2(4,5)1(6)7/h3-6,8-15,24,29H,7,16-20H2,1-2H3;4-8,10-15,20,24,29H,9,16-19,21H2,1-3H3;2*(H,6,7)/q;+1;;/p-1. The van der Waals surface area contributed by atoms with E-state index in [1.165, 1.54) is 6.92 Å². The van der Waals surface area contributed by atoms with Crippen molar-refractivity contribution >= 4 is 41.2 Å². The molecule has 0 radical (unpaired) electrons. The molecule has 87 heavy (non-hydrogen) atoms. The molecule has 2 saturated heterocycles. The van der Waals surface area contributed by atoms with Crippen molar-refractivity contribution < 1.29 is 97.9 Å². The fourth-order valence-electron chi connectivity index (χ4n) is 10.6. The van der Waals surface area contributed by atoms with Gasteiger partial charge in [-0.3, -0.25) is 14.4 Å². The number of ether oxygens (including phenoxy) is 6. The summed E-state index contributed by atoms with van der Waals surface area (Å²) in [5, 5.41) is 20.3. The molecule has 1 amide bonds. The Kier molecular flexibility index (Phi) is 21.9. The van der Waals surface area contributed by atoms with Gasteiger partial charge in [0.1, 0.15) is 71.4 Å². The lowest BCUT2D eigenvalue weighted by molar-refractivity contribution is -0.899. The highest BCUT2D eigenvalue weighted by atomic mass is 19.4. The molecule has 0 spiro atoms. The van der Waals surface area contributed by atoms with Crippen LogP contribution in [0.1, 0.15) is 66.7 Å². The maximum absolute atomic E-state index is 13.5. The summed E-state index contributed by atoms with van der Waals surface area (Å²) in [7, 11) is 8.52. The van der Waals surface area contributed by atoms with E-state index >= 15 is 0 Å². The van der Waals surface area contributed by atoms with Crippen LogP contribution in [0, 0.1) is 0 Å². The number of nitrogens with one attached hydrogen (secondary N) is 1. The smallest absolute Gasteiger partial charge is 0.430 e. The van der Waals surface area contributed by atoms with Crippen LogP contribution in [0.2, 0.25) is 0 Å². The number of carboxylic acid groups (broad SMARTS) is 2. The molecule has 0 saturated carbocycles. The van der Waals surface area contributed by atoms with Gasteiger partial charge < -0.3 is 67.4 Å². The van der Waals surface area contributed by atoms with Crippen molar-refractivity contribution in [2.45, 2.75) is 69.0 Å². The van der Waals surface area contributed by atoms with E-state index in [2.05, 4.69) is 36.4 Å². The number of benzene rings is 6. The lowest BCUT2D eigenvalue weighted by Crippen LogP contribution is -2.44. The molecule has 10 rings (SSSR count). The predicted molar refractivity (Wildman–Crippen MR) is 304 cm³/mol. The van der Waals surface area contributed by atoms with Crippen LogP contribution in [0.3, 0.4) is 0 Å². The van der Waals surface area contributed by atoms with Crippen molar-refractivity contribution in [2.75, 3.05) is 90.9 Å². The Morgan fingerprint density at radius 1 is 0.552 bits per heavy atom. The number of quaternary nitrogens is 2. The van der Waals surface area contributed by atoms with Crippen LogP contribution >= 0.6 is 0 Å². The van der Waals surface area contributed by atoms with E-state index in [1.807, 2.05) is 148 Å². The summed E-state index contributed by atoms with van der Waals surface area (Å²) < 4.78 is 101. The fourth-order valence-corrected chi connectivity index (χ4v) is 10.6. The Morgan fingerprint density at radius 3 is 1.28 bits per heavy atom. The van der Waals surface area contributed by atoms with Crippen LogP contribution in [0.4, 0.5) is 37.7 Å². The molecule has 4 heterocycles. The number of carboxylic acids is 2. The molecule has 4 aliphatic rings. The molecule has 2 fully saturated rings. The van der Waals surface area contributed by atoms with Crippen LogP contribution in [0.5, 0.6) is 34.5 Å². The first-order valence-corrected chi connectivity index (χ1v) is 28.0. The summed E-state index contributed by atoms with van der Waals surface area (Å²) in [4.78, 5) is 57.7. The molecule has 0 bridgehead atoms. The van der Waals surface area contributed by atoms with E-state index < -0.39 is 36.1 Å². The van der Waals surface area contributed by atoms with Gasteiger partial charge in [-0.25, -0.2) is 0 Å². The minimum atomic E-state index is -5.19. The van der Waals surface area contributed by atoms with Gasteiger partial charge >= 0.3 is 24.3 Å². The topological polar surface area (TPSA) is 202 Å². The summed E-state index contributed by atoms with van der Waals surface area (Å²) >= 11 is 0. The first kappa shape index (κ1) is 65.7. The summed E-state index contributed by atoms with van der Waals surface area (Å²) in [6.07, 6.45) is -7.01. The number of fused-ring (bicyclic) bond motifs is 4. The van der Waals surface area contributed by atoms with E-state index in [-0.39, 0.29) is 30.1 Å². The summed E-state index contributed by atoms with van der Waals surface area (Å²) in [5.74, 6) is -2.92. The number of halogens is 6. The molecule has 1 N–H and O–H groups in total. The highest BCUT2D eigenvalue weighted by Crippen LogP contribution is 2.46. The van der Waals surface area contributed by atoms with E-state index in [9.17, 15) is 40.7 Å². The van der Waals surface area contributed by atoms with Crippen LogP contribution in [0.25, 0.3) is 0 Å². The lowest BCUT2D eigenvalue weighted by Gasteiger charge is -2.30. The van der Waals surface area contributed by atoms with Gasteiger partial charge in [-0.1, -0.05) is 78.9 Å². The van der Waals surface area contributed by atoms with Gasteiger partial charge in [-0.05, 0) is 60.7 Å². The number of amides is 1. The van der Waals surface area contributed by atoms with E-state index in [0.717, 1.165) is 131 Å². The largest absolute Gasteiger partial charge is 0.542 e. The van der Waals surface area contributed by atoms with Gasteiger partial charge in [0.15, 0.2) is 12.2 Å². The van der Waals surface area contributed by atoms with E-state index in [4.69, 9.17) is 48.2 Å². The minimum Gasteiger partial charge on any atom is -0.542 e. The molecule has 0 aromatic heterocycles. The Balaban J connectivity index is 0.000000204. The molecule has 4 unspecified atom stereocenters. The second-order valence-electron chi connectivity index (χ2n) is 22.0. The Bertz CT molecular complexity index is 3230. The highest BCUT2D eigenvalue weighted by Gasteiger charge is 2.42. The van der Waals surface area contributed by atoms with Gasteiger partial charge in [0.05, 0.1) is 53.5 Å². The van der Waals surface area contributed by atoms with Gasteiger partial charge in [-0.2, -0.15) is 26.3 Å². The molecule has 6 aromatic carbocycles. The summed E-state index contributed by atoms with van der Waals surface area (Å²) in [5.41, 5.74) is 5.32. The third kappa shape index (κ3) is 18.6. The molecular weight excluding hydrogens is 1150 g/mol. The van der Waals surface area contributed by atoms with Gasteiger partial charge in [-0.15, -0.1) is 0 Å². The monoisotopic (exact) mass is 1210 g/mol. The average Bonchev–Trinajstić information content (AvgIpc) is 2.89. The van der Waals surface area contributed by atoms with Crippen LogP contribution in [-0.2, 0) is 33.4 Å². The molecule has 0 aliphatic carbocycles. The number of likely N-dealkylation sites (tertiary alicyclic amines) is 2. The molecule has 6 aromatic rings. The number of nitrogens with zero attached hydrogens (tertiary/aromatic N) is 3. The Hall–Kier alpha value is -8.83. The second-order valence-corrected chi connectivity index (χ2v) is 22.0. The zero-order valence-corrected chi connectivity index (χ0v) is 48.6. The number of anilines is 2. The molecule has 23 heteroatoms. The second kappa shape index (κ2) is 29.0. The number of hydrogen-bond donors (Lipinski definition) is 1. The minimum absolute atomic E-state index is 0.0811. The summed E-state index contributed by atoms with van der Waals surface area (Å²) in [6, 6.07) is 46.4. The third-order valence-corrected chi connectivity index (χ3v) is 14.9. The van der Waals surface area contributed by atoms with Crippen LogP contribution < -0.4 is 39.4 Å². The molecule has 464 valence electrons. The van der Waals surface area contributed by atoms with Crippen molar-refractivity contribution in [3.05, 3.63) is 168 Å². The van der Waals surface area contributed by atoms with Crippen molar-refractivity contribution in [1.82, 2.24) is 0 Å². The number of esters is 2. The highest BCUT2D eigenvalue weighted by molar-refractivity contribution is 5.89. The van der Waals surface area contributed by atoms with Crippen molar-refractivity contribution in [3.63, 3.8) is 0 Å². The number of carbonyl (C=O) groups is 5. The van der Waals surface area contributed by atoms with E-state index in [0.29, 0.717) is 24.7 Å². The van der Waals surface area contributed by atoms with Crippen molar-refractivity contribution in [3.8, 4) is 34.5 Å². The first-order chi connectivity index (χ1) is 41.2. The number of rotatable bonds is 16. The summed E-state index contributed by atoms with van der Waals surface area (Å²) in [6.45, 7) is 8.28. The number of carbonyl (C=O) groups excluding carboxylic acids is 5.